The monoisotopic (exact) mass is 292 g/mol. The SMILES string of the molecule is C=CCCCc1ccc(C=Nc2ccc(C#N)c(F)c2)cc1. The predicted octanol–water partition coefficient (Wildman–Crippen LogP) is 4.96. The molecule has 0 aliphatic carbocycles. The number of nitrogens with zero attached hydrogens (tertiary/aromatic N) is 2. The molecule has 0 bridgehead atoms. The van der Waals surface area contributed by atoms with Gasteiger partial charge in [-0.2, -0.15) is 5.26 Å². The molecule has 22 heavy (non-hydrogen) atoms. The Morgan fingerprint density at radius 3 is 2.59 bits per heavy atom. The Morgan fingerprint density at radius 2 is 1.95 bits per heavy atom. The Morgan fingerprint density at radius 1 is 1.18 bits per heavy atom. The van der Waals surface area contributed by atoms with Gasteiger partial charge in [0.2, 0.25) is 0 Å². The van der Waals surface area contributed by atoms with E-state index in [1.807, 2.05) is 18.2 Å². The minimum atomic E-state index is -0.547. The number of hydrogen-bond acceptors (Lipinski definition) is 2. The van der Waals surface area contributed by atoms with Crippen LogP contribution in [0.25, 0.3) is 0 Å². The third-order valence-corrected chi connectivity index (χ3v) is 3.29. The average Bonchev–Trinajstić information content (AvgIpc) is 2.54. The van der Waals surface area contributed by atoms with E-state index in [0.717, 1.165) is 24.8 Å². The van der Waals surface area contributed by atoms with Crippen molar-refractivity contribution < 1.29 is 4.39 Å². The van der Waals surface area contributed by atoms with Crippen molar-refractivity contribution in [3.63, 3.8) is 0 Å². The van der Waals surface area contributed by atoms with E-state index in [9.17, 15) is 4.39 Å². The smallest absolute Gasteiger partial charge is 0.143 e. The van der Waals surface area contributed by atoms with Crippen LogP contribution in [0.15, 0.2) is 60.1 Å². The summed E-state index contributed by atoms with van der Waals surface area (Å²) in [6, 6.07) is 14.2. The maximum Gasteiger partial charge on any atom is 0.143 e. The molecule has 0 fully saturated rings. The van der Waals surface area contributed by atoms with Crippen LogP contribution in [0.1, 0.15) is 29.5 Å². The second kappa shape index (κ2) is 7.90. The van der Waals surface area contributed by atoms with Gasteiger partial charge in [0.15, 0.2) is 0 Å². The van der Waals surface area contributed by atoms with Crippen molar-refractivity contribution in [2.45, 2.75) is 19.3 Å². The molecule has 0 heterocycles. The normalized spacial score (nSPS) is 10.5. The predicted molar refractivity (Wildman–Crippen MR) is 87.9 cm³/mol. The first-order valence-corrected chi connectivity index (χ1v) is 7.16. The number of unbranched alkanes of at least 4 members (excludes halogenated alkanes) is 1. The van der Waals surface area contributed by atoms with Gasteiger partial charge in [0.25, 0.3) is 0 Å². The zero-order chi connectivity index (χ0) is 15.8. The molecular formula is C19H17FN2. The van der Waals surface area contributed by atoms with Gasteiger partial charge in [0.05, 0.1) is 11.3 Å². The van der Waals surface area contributed by atoms with Gasteiger partial charge in [-0.25, -0.2) is 4.39 Å². The van der Waals surface area contributed by atoms with Crippen molar-refractivity contribution in [2.24, 2.45) is 4.99 Å². The van der Waals surface area contributed by atoms with Gasteiger partial charge in [-0.05, 0) is 42.5 Å². The number of aliphatic imine (C=N–C) groups is 1. The molecule has 2 aromatic rings. The molecule has 0 spiro atoms. The van der Waals surface area contributed by atoms with Crippen LogP contribution in [-0.4, -0.2) is 6.21 Å². The third kappa shape index (κ3) is 4.39. The lowest BCUT2D eigenvalue weighted by molar-refractivity contribution is 0.624. The first kappa shape index (κ1) is 15.7. The van der Waals surface area contributed by atoms with Gasteiger partial charge < -0.3 is 0 Å². The lowest BCUT2D eigenvalue weighted by atomic mass is 10.1. The number of nitriles is 1. The summed E-state index contributed by atoms with van der Waals surface area (Å²) in [4.78, 5) is 4.23. The Bertz CT molecular complexity index is 709. The molecule has 0 aromatic heterocycles. The van der Waals surface area contributed by atoms with E-state index in [-0.39, 0.29) is 5.56 Å². The Labute approximate surface area is 130 Å². The van der Waals surface area contributed by atoms with Gasteiger partial charge in [0, 0.05) is 12.3 Å². The average molecular weight is 292 g/mol. The fourth-order valence-corrected chi connectivity index (χ4v) is 2.04. The molecule has 0 unspecified atom stereocenters. The van der Waals surface area contributed by atoms with Gasteiger partial charge in [-0.1, -0.05) is 30.3 Å². The van der Waals surface area contributed by atoms with E-state index >= 15 is 0 Å². The van der Waals surface area contributed by atoms with Crippen LogP contribution < -0.4 is 0 Å². The molecule has 110 valence electrons. The van der Waals surface area contributed by atoms with Gasteiger partial charge in [-0.3, -0.25) is 4.99 Å². The van der Waals surface area contributed by atoms with Crippen molar-refractivity contribution in [3.05, 3.63) is 77.6 Å². The van der Waals surface area contributed by atoms with Gasteiger partial charge in [-0.15, -0.1) is 6.58 Å². The summed E-state index contributed by atoms with van der Waals surface area (Å²) >= 11 is 0. The van der Waals surface area contributed by atoms with E-state index in [1.165, 1.54) is 17.7 Å². The van der Waals surface area contributed by atoms with E-state index in [0.29, 0.717) is 5.69 Å². The minimum absolute atomic E-state index is 0.0304. The molecule has 0 saturated carbocycles. The number of rotatable bonds is 6. The van der Waals surface area contributed by atoms with Crippen molar-refractivity contribution in [2.75, 3.05) is 0 Å². The summed E-state index contributed by atoms with van der Waals surface area (Å²) in [6.45, 7) is 3.71. The molecule has 0 N–H and O–H groups in total. The van der Waals surface area contributed by atoms with Gasteiger partial charge >= 0.3 is 0 Å². The number of halogens is 1. The van der Waals surface area contributed by atoms with Crippen LogP contribution in [0, 0.1) is 17.1 Å². The zero-order valence-corrected chi connectivity index (χ0v) is 12.3. The molecule has 0 atom stereocenters. The maximum absolute atomic E-state index is 13.5. The standard InChI is InChI=1S/C19H17FN2/c1-2-3-4-5-15-6-8-16(9-7-15)14-22-18-11-10-17(13-21)19(20)12-18/h2,6-12,14H,1,3-5H2. The summed E-state index contributed by atoms with van der Waals surface area (Å²) in [6.07, 6.45) is 6.77. The fraction of sp³-hybridized carbons (Fsp3) is 0.158. The van der Waals surface area contributed by atoms with Crippen LogP contribution in [0.3, 0.4) is 0 Å². The molecule has 2 rings (SSSR count). The highest BCUT2D eigenvalue weighted by molar-refractivity contribution is 5.82. The van der Waals surface area contributed by atoms with Crippen LogP contribution in [0.4, 0.5) is 10.1 Å². The number of allylic oxidation sites excluding steroid dienone is 1. The molecule has 2 aromatic carbocycles. The lowest BCUT2D eigenvalue weighted by Gasteiger charge is -2.00. The summed E-state index contributed by atoms with van der Waals surface area (Å²) in [5, 5.41) is 8.69. The molecule has 0 aliphatic heterocycles. The molecule has 0 amide bonds. The largest absolute Gasteiger partial charge is 0.256 e. The highest BCUT2D eigenvalue weighted by Gasteiger charge is 2.01. The van der Waals surface area contributed by atoms with Crippen molar-refractivity contribution in [3.8, 4) is 6.07 Å². The van der Waals surface area contributed by atoms with E-state index in [4.69, 9.17) is 5.26 Å². The first-order chi connectivity index (χ1) is 10.7. The number of benzene rings is 2. The molecule has 3 heteroatoms. The Hall–Kier alpha value is -2.73. The minimum Gasteiger partial charge on any atom is -0.256 e. The molecular weight excluding hydrogens is 275 g/mol. The van der Waals surface area contributed by atoms with Crippen molar-refractivity contribution in [1.82, 2.24) is 0 Å². The third-order valence-electron chi connectivity index (χ3n) is 3.29. The zero-order valence-electron chi connectivity index (χ0n) is 12.3. The molecule has 0 aliphatic rings. The van der Waals surface area contributed by atoms with Gasteiger partial charge in [0.1, 0.15) is 11.9 Å². The fourth-order valence-electron chi connectivity index (χ4n) is 2.04. The molecule has 2 nitrogen and oxygen atoms in total. The Balaban J connectivity index is 2.02. The summed E-state index contributed by atoms with van der Waals surface area (Å²) < 4.78 is 13.5. The lowest BCUT2D eigenvalue weighted by Crippen LogP contribution is -1.87. The number of aryl methyl sites for hydroxylation is 1. The second-order valence-electron chi connectivity index (χ2n) is 4.96. The quantitative estimate of drug-likeness (QED) is 0.421. The van der Waals surface area contributed by atoms with Crippen LogP contribution in [-0.2, 0) is 6.42 Å². The van der Waals surface area contributed by atoms with Crippen LogP contribution >= 0.6 is 0 Å². The van der Waals surface area contributed by atoms with Crippen LogP contribution in [0.2, 0.25) is 0 Å². The first-order valence-electron chi connectivity index (χ1n) is 7.16. The Kier molecular flexibility index (Phi) is 5.62. The van der Waals surface area contributed by atoms with Crippen molar-refractivity contribution >= 4 is 11.9 Å². The second-order valence-corrected chi connectivity index (χ2v) is 4.96. The summed E-state index contributed by atoms with van der Waals surface area (Å²) in [5.74, 6) is -0.547. The van der Waals surface area contributed by atoms with E-state index < -0.39 is 5.82 Å². The number of hydrogen-bond donors (Lipinski definition) is 0. The highest BCUT2D eigenvalue weighted by atomic mass is 19.1. The highest BCUT2D eigenvalue weighted by Crippen LogP contribution is 2.17. The van der Waals surface area contributed by atoms with Crippen LogP contribution in [0.5, 0.6) is 0 Å². The van der Waals surface area contributed by atoms with E-state index in [1.54, 1.807) is 18.4 Å². The van der Waals surface area contributed by atoms with Crippen molar-refractivity contribution in [1.29, 1.82) is 5.26 Å². The topological polar surface area (TPSA) is 36.1 Å². The molecule has 0 radical (unpaired) electrons. The maximum atomic E-state index is 13.5. The van der Waals surface area contributed by atoms with E-state index in [2.05, 4.69) is 23.7 Å². The molecule has 0 saturated heterocycles. The summed E-state index contributed by atoms with van der Waals surface area (Å²) in [5.41, 5.74) is 2.76. The summed E-state index contributed by atoms with van der Waals surface area (Å²) in [7, 11) is 0.